The molecule has 4 nitrogen and oxygen atoms in total. The summed E-state index contributed by atoms with van der Waals surface area (Å²) in [5.74, 6) is -0.241. The van der Waals surface area contributed by atoms with Crippen LogP contribution in [-0.2, 0) is 4.79 Å². The number of carbonyl (C=O) groups excluding carboxylic acids is 1. The predicted octanol–water partition coefficient (Wildman–Crippen LogP) is 2.33. The molecule has 1 saturated carbocycles. The molecule has 1 aromatic rings. The van der Waals surface area contributed by atoms with E-state index in [1.54, 1.807) is 12.1 Å². The van der Waals surface area contributed by atoms with Crippen molar-refractivity contribution in [1.82, 2.24) is 10.2 Å². The summed E-state index contributed by atoms with van der Waals surface area (Å²) >= 11 is 0. The number of hydrogen-bond donors (Lipinski definition) is 2. The van der Waals surface area contributed by atoms with Gasteiger partial charge in [-0.3, -0.25) is 9.69 Å². The zero-order valence-corrected chi connectivity index (χ0v) is 13.8. The lowest BCUT2D eigenvalue weighted by atomic mass is 10.1. The highest BCUT2D eigenvalue weighted by Gasteiger charge is 2.36. The predicted molar refractivity (Wildman–Crippen MR) is 91.8 cm³/mol. The first kappa shape index (κ1) is 17.1. The maximum atomic E-state index is 12.8. The highest BCUT2D eigenvalue weighted by molar-refractivity contribution is 5.78. The number of rotatable bonds is 5. The quantitative estimate of drug-likeness (QED) is 0.870. The van der Waals surface area contributed by atoms with Crippen LogP contribution in [0, 0.1) is 5.82 Å². The second kappa shape index (κ2) is 7.90. The first-order chi connectivity index (χ1) is 11.6. The molecule has 1 heterocycles. The number of β-amino-alcohol motifs (C(OH)–C–C–N with tert-alkyl or cyclic N) is 1. The SMILES string of the molecule is O=C(CC=Cc1ccc(F)cc1)N[C@@H]1CCC[C@@H]1N1CCC(O)C1. The Balaban J connectivity index is 1.48. The Morgan fingerprint density at radius 1 is 1.29 bits per heavy atom. The van der Waals surface area contributed by atoms with Gasteiger partial charge in [-0.05, 0) is 43.4 Å². The second-order valence-electron chi connectivity index (χ2n) is 6.77. The molecule has 0 radical (unpaired) electrons. The number of aliphatic hydroxyl groups excluding tert-OH is 1. The highest BCUT2D eigenvalue weighted by atomic mass is 19.1. The van der Waals surface area contributed by atoms with Crippen molar-refractivity contribution in [2.75, 3.05) is 13.1 Å². The number of halogens is 1. The second-order valence-corrected chi connectivity index (χ2v) is 6.77. The largest absolute Gasteiger partial charge is 0.392 e. The number of aliphatic hydroxyl groups is 1. The Bertz CT molecular complexity index is 588. The van der Waals surface area contributed by atoms with E-state index in [0.717, 1.165) is 44.3 Å². The van der Waals surface area contributed by atoms with Gasteiger partial charge in [-0.1, -0.05) is 24.3 Å². The van der Waals surface area contributed by atoms with Gasteiger partial charge in [0.15, 0.2) is 0 Å². The van der Waals surface area contributed by atoms with Crippen LogP contribution in [0.4, 0.5) is 4.39 Å². The van der Waals surface area contributed by atoms with Crippen molar-refractivity contribution in [2.45, 2.75) is 50.3 Å². The smallest absolute Gasteiger partial charge is 0.224 e. The van der Waals surface area contributed by atoms with Crippen LogP contribution in [0.15, 0.2) is 30.3 Å². The van der Waals surface area contributed by atoms with Gasteiger partial charge in [0.25, 0.3) is 0 Å². The van der Waals surface area contributed by atoms with Gasteiger partial charge in [-0.25, -0.2) is 4.39 Å². The number of nitrogens with zero attached hydrogens (tertiary/aromatic N) is 1. The molecule has 1 aliphatic heterocycles. The molecule has 1 unspecified atom stereocenters. The van der Waals surface area contributed by atoms with Crippen LogP contribution >= 0.6 is 0 Å². The minimum absolute atomic E-state index is 0.0185. The first-order valence-electron chi connectivity index (χ1n) is 8.75. The van der Waals surface area contributed by atoms with E-state index in [2.05, 4.69) is 10.2 Å². The van der Waals surface area contributed by atoms with E-state index < -0.39 is 0 Å². The van der Waals surface area contributed by atoms with Crippen molar-refractivity contribution in [2.24, 2.45) is 0 Å². The standard InChI is InChI=1S/C19H25FN2O2/c20-15-9-7-14(8-10-15)3-1-6-19(24)21-17-4-2-5-18(17)22-12-11-16(23)13-22/h1,3,7-10,16-18,23H,2,4-6,11-13H2,(H,21,24)/t16?,17-,18+/m1/s1. The number of hydrogen-bond acceptors (Lipinski definition) is 3. The molecule has 0 spiro atoms. The lowest BCUT2D eigenvalue weighted by Gasteiger charge is -2.29. The van der Waals surface area contributed by atoms with Crippen LogP contribution in [0.2, 0.25) is 0 Å². The molecule has 2 fully saturated rings. The zero-order valence-electron chi connectivity index (χ0n) is 13.8. The molecule has 24 heavy (non-hydrogen) atoms. The minimum Gasteiger partial charge on any atom is -0.392 e. The summed E-state index contributed by atoms with van der Waals surface area (Å²) in [4.78, 5) is 14.5. The Kier molecular flexibility index (Phi) is 5.63. The summed E-state index contributed by atoms with van der Waals surface area (Å²) in [6.07, 6.45) is 7.79. The van der Waals surface area contributed by atoms with Crippen LogP contribution in [0.1, 0.15) is 37.7 Å². The van der Waals surface area contributed by atoms with Gasteiger partial charge in [-0.15, -0.1) is 0 Å². The number of amides is 1. The first-order valence-corrected chi connectivity index (χ1v) is 8.75. The van der Waals surface area contributed by atoms with E-state index >= 15 is 0 Å². The fraction of sp³-hybridized carbons (Fsp3) is 0.526. The van der Waals surface area contributed by atoms with Crippen molar-refractivity contribution in [3.63, 3.8) is 0 Å². The van der Waals surface area contributed by atoms with Crippen molar-refractivity contribution in [3.8, 4) is 0 Å². The average molecular weight is 332 g/mol. The van der Waals surface area contributed by atoms with Gasteiger partial charge in [0, 0.05) is 31.6 Å². The van der Waals surface area contributed by atoms with Crippen molar-refractivity contribution in [3.05, 3.63) is 41.7 Å². The Hall–Kier alpha value is -1.72. The number of benzene rings is 1. The molecule has 1 amide bonds. The molecule has 130 valence electrons. The molecule has 1 saturated heterocycles. The number of nitrogens with one attached hydrogen (secondary N) is 1. The maximum absolute atomic E-state index is 12.8. The fourth-order valence-electron chi connectivity index (χ4n) is 3.76. The normalized spacial score (nSPS) is 27.8. The van der Waals surface area contributed by atoms with Gasteiger partial charge in [-0.2, -0.15) is 0 Å². The summed E-state index contributed by atoms with van der Waals surface area (Å²) in [5.41, 5.74) is 0.883. The molecule has 2 aliphatic rings. The van der Waals surface area contributed by atoms with Crippen LogP contribution in [-0.4, -0.2) is 47.2 Å². The lowest BCUT2D eigenvalue weighted by molar-refractivity contribution is -0.121. The average Bonchev–Trinajstić information content (AvgIpc) is 3.18. The van der Waals surface area contributed by atoms with E-state index in [1.807, 2.05) is 12.2 Å². The third-order valence-corrected chi connectivity index (χ3v) is 4.97. The van der Waals surface area contributed by atoms with Crippen molar-refractivity contribution in [1.29, 1.82) is 0 Å². The van der Waals surface area contributed by atoms with Gasteiger partial charge >= 0.3 is 0 Å². The van der Waals surface area contributed by atoms with Crippen molar-refractivity contribution < 1.29 is 14.3 Å². The summed E-state index contributed by atoms with van der Waals surface area (Å²) in [6, 6.07) is 6.74. The lowest BCUT2D eigenvalue weighted by Crippen LogP contribution is -2.48. The number of likely N-dealkylation sites (tertiary alicyclic amines) is 1. The highest BCUT2D eigenvalue weighted by Crippen LogP contribution is 2.27. The molecule has 3 atom stereocenters. The third kappa shape index (κ3) is 4.42. The molecule has 0 bridgehead atoms. The number of carbonyl (C=O) groups is 1. The van der Waals surface area contributed by atoms with E-state index in [9.17, 15) is 14.3 Å². The maximum Gasteiger partial charge on any atom is 0.224 e. The Morgan fingerprint density at radius 3 is 2.79 bits per heavy atom. The summed E-state index contributed by atoms with van der Waals surface area (Å²) < 4.78 is 12.8. The topological polar surface area (TPSA) is 52.6 Å². The van der Waals surface area contributed by atoms with Gasteiger partial charge in [0.05, 0.1) is 6.10 Å². The van der Waals surface area contributed by atoms with Gasteiger partial charge in [0.1, 0.15) is 5.82 Å². The van der Waals surface area contributed by atoms with Crippen molar-refractivity contribution >= 4 is 12.0 Å². The van der Waals surface area contributed by atoms with Crippen LogP contribution in [0.25, 0.3) is 6.08 Å². The van der Waals surface area contributed by atoms with E-state index in [1.165, 1.54) is 12.1 Å². The zero-order chi connectivity index (χ0) is 16.9. The molecular weight excluding hydrogens is 307 g/mol. The summed E-state index contributed by atoms with van der Waals surface area (Å²) in [7, 11) is 0. The summed E-state index contributed by atoms with van der Waals surface area (Å²) in [5, 5.41) is 12.9. The molecule has 5 heteroatoms. The Morgan fingerprint density at radius 2 is 2.08 bits per heavy atom. The molecule has 1 aliphatic carbocycles. The van der Waals surface area contributed by atoms with Gasteiger partial charge in [0.2, 0.25) is 5.91 Å². The van der Waals surface area contributed by atoms with E-state index in [0.29, 0.717) is 12.5 Å². The molecular formula is C19H25FN2O2. The molecule has 3 rings (SSSR count). The minimum atomic E-state index is -0.260. The fourth-order valence-corrected chi connectivity index (χ4v) is 3.76. The summed E-state index contributed by atoms with van der Waals surface area (Å²) in [6.45, 7) is 1.64. The molecule has 1 aromatic carbocycles. The van der Waals surface area contributed by atoms with E-state index in [4.69, 9.17) is 0 Å². The van der Waals surface area contributed by atoms with Crippen LogP contribution < -0.4 is 5.32 Å². The van der Waals surface area contributed by atoms with Crippen LogP contribution in [0.5, 0.6) is 0 Å². The monoisotopic (exact) mass is 332 g/mol. The van der Waals surface area contributed by atoms with Crippen LogP contribution in [0.3, 0.4) is 0 Å². The molecule has 2 N–H and O–H groups in total. The third-order valence-electron chi connectivity index (χ3n) is 4.97. The van der Waals surface area contributed by atoms with E-state index in [-0.39, 0.29) is 23.9 Å². The molecule has 0 aromatic heterocycles. The Labute approximate surface area is 142 Å². The van der Waals surface area contributed by atoms with Gasteiger partial charge < -0.3 is 10.4 Å².